The summed E-state index contributed by atoms with van der Waals surface area (Å²) in [5, 5.41) is 5.50. The lowest BCUT2D eigenvalue weighted by molar-refractivity contribution is 0.0736. The second-order valence-corrected chi connectivity index (χ2v) is 5.66. The van der Waals surface area contributed by atoms with Gasteiger partial charge in [0.05, 0.1) is 0 Å². The van der Waals surface area contributed by atoms with E-state index in [1.807, 2.05) is 35.2 Å². The van der Waals surface area contributed by atoms with Crippen LogP contribution in [0.4, 0.5) is 0 Å². The lowest BCUT2D eigenvalue weighted by Crippen LogP contribution is -2.46. The van der Waals surface area contributed by atoms with Crippen molar-refractivity contribution in [3.8, 4) is 0 Å². The number of nitrogens with zero attached hydrogens (tertiary/aromatic N) is 1. The van der Waals surface area contributed by atoms with E-state index in [1.54, 1.807) is 0 Å². The van der Waals surface area contributed by atoms with E-state index in [9.17, 15) is 4.79 Å². The largest absolute Gasteiger partial charge is 0.336 e. The molecule has 1 N–H and O–H groups in total. The molecule has 2 aromatic rings. The second kappa shape index (κ2) is 6.57. The van der Waals surface area contributed by atoms with Gasteiger partial charge in [0.15, 0.2) is 0 Å². The Morgan fingerprint density at radius 3 is 2.45 bits per heavy atom. The number of hydrogen-bond acceptors (Lipinski definition) is 2. The normalized spacial score (nSPS) is 14.9. The fourth-order valence-electron chi connectivity index (χ4n) is 2.40. The van der Waals surface area contributed by atoms with Crippen molar-refractivity contribution in [3.63, 3.8) is 0 Å². The van der Waals surface area contributed by atoms with Crippen molar-refractivity contribution in [1.82, 2.24) is 10.2 Å². The molecule has 0 radical (unpaired) electrons. The summed E-state index contributed by atoms with van der Waals surface area (Å²) in [6.07, 6.45) is 0. The minimum Gasteiger partial charge on any atom is -0.336 e. The summed E-state index contributed by atoms with van der Waals surface area (Å²) in [5.41, 5.74) is 0.775. The molecule has 0 saturated carbocycles. The van der Waals surface area contributed by atoms with Crippen molar-refractivity contribution in [1.29, 1.82) is 0 Å². The second-order valence-electron chi connectivity index (χ2n) is 4.75. The summed E-state index contributed by atoms with van der Waals surface area (Å²) in [6.45, 7) is 3.34. The fourth-order valence-corrected chi connectivity index (χ4v) is 2.78. The lowest BCUT2D eigenvalue weighted by Gasteiger charge is -2.27. The Hall–Kier alpha value is -1.10. The Morgan fingerprint density at radius 2 is 1.70 bits per heavy atom. The zero-order chi connectivity index (χ0) is 13.2. The van der Waals surface area contributed by atoms with Crippen molar-refractivity contribution in [3.05, 3.63) is 46.4 Å². The molecule has 0 unspecified atom stereocenters. The number of carbonyl (C=O) groups excluding carboxylic acids is 1. The summed E-state index contributed by atoms with van der Waals surface area (Å²) < 4.78 is 1.06. The van der Waals surface area contributed by atoms with Crippen LogP contribution in [0.2, 0.25) is 0 Å². The maximum Gasteiger partial charge on any atom is 0.253 e. The average molecular weight is 356 g/mol. The van der Waals surface area contributed by atoms with Gasteiger partial charge in [-0.15, -0.1) is 12.4 Å². The van der Waals surface area contributed by atoms with E-state index >= 15 is 0 Å². The number of nitrogens with one attached hydrogen (secondary N) is 1. The van der Waals surface area contributed by atoms with Crippen LogP contribution in [0.1, 0.15) is 10.4 Å². The Bertz CT molecular complexity index is 626. The van der Waals surface area contributed by atoms with Gasteiger partial charge in [-0.1, -0.05) is 28.1 Å². The molecule has 1 heterocycles. The van der Waals surface area contributed by atoms with E-state index < -0.39 is 0 Å². The Kier molecular flexibility index (Phi) is 5.02. The standard InChI is InChI=1S/C15H15BrN2O.ClH/c16-14-4-3-11-9-13(2-1-12(11)10-14)15(19)18-7-5-17-6-8-18;/h1-4,9-10,17H,5-8H2;1H. The van der Waals surface area contributed by atoms with Crippen LogP contribution < -0.4 is 5.32 Å². The highest BCUT2D eigenvalue weighted by molar-refractivity contribution is 9.10. The molecule has 1 aliphatic heterocycles. The molecular weight excluding hydrogens is 340 g/mol. The first-order valence-corrected chi connectivity index (χ1v) is 7.23. The molecule has 1 amide bonds. The van der Waals surface area contributed by atoms with E-state index in [1.165, 1.54) is 0 Å². The summed E-state index contributed by atoms with van der Waals surface area (Å²) in [7, 11) is 0. The van der Waals surface area contributed by atoms with Gasteiger partial charge in [0, 0.05) is 36.2 Å². The Morgan fingerprint density at radius 1 is 1.05 bits per heavy atom. The molecule has 0 aliphatic carbocycles. The summed E-state index contributed by atoms with van der Waals surface area (Å²) in [5.74, 6) is 0.131. The van der Waals surface area contributed by atoms with Gasteiger partial charge >= 0.3 is 0 Å². The van der Waals surface area contributed by atoms with Gasteiger partial charge in [0.1, 0.15) is 0 Å². The summed E-state index contributed by atoms with van der Waals surface area (Å²) >= 11 is 3.46. The molecule has 2 aromatic carbocycles. The Labute approximate surface area is 132 Å². The first-order valence-electron chi connectivity index (χ1n) is 6.43. The van der Waals surface area contributed by atoms with Crippen LogP contribution in [-0.2, 0) is 0 Å². The summed E-state index contributed by atoms with van der Waals surface area (Å²) in [6, 6.07) is 12.0. The highest BCUT2D eigenvalue weighted by Crippen LogP contribution is 2.21. The number of carbonyl (C=O) groups is 1. The molecular formula is C15H16BrClN2O. The van der Waals surface area contributed by atoms with Crippen molar-refractivity contribution in [2.75, 3.05) is 26.2 Å². The number of hydrogen-bond donors (Lipinski definition) is 1. The highest BCUT2D eigenvalue weighted by atomic mass is 79.9. The van der Waals surface area contributed by atoms with Gasteiger partial charge in [-0.2, -0.15) is 0 Å². The van der Waals surface area contributed by atoms with Gasteiger partial charge < -0.3 is 10.2 Å². The number of rotatable bonds is 1. The van der Waals surface area contributed by atoms with Crippen molar-refractivity contribution in [2.45, 2.75) is 0 Å². The number of amides is 1. The van der Waals surface area contributed by atoms with Gasteiger partial charge in [-0.05, 0) is 35.0 Å². The van der Waals surface area contributed by atoms with E-state index in [0.29, 0.717) is 0 Å². The van der Waals surface area contributed by atoms with Gasteiger partial charge in [0.25, 0.3) is 5.91 Å². The molecule has 20 heavy (non-hydrogen) atoms. The minimum absolute atomic E-state index is 0. The molecule has 1 aliphatic rings. The van der Waals surface area contributed by atoms with Crippen molar-refractivity contribution >= 4 is 45.0 Å². The molecule has 1 saturated heterocycles. The molecule has 0 spiro atoms. The highest BCUT2D eigenvalue weighted by Gasteiger charge is 2.17. The van der Waals surface area contributed by atoms with Crippen LogP contribution in [0.25, 0.3) is 10.8 Å². The van der Waals surface area contributed by atoms with E-state index in [2.05, 4.69) is 27.3 Å². The summed E-state index contributed by atoms with van der Waals surface area (Å²) in [4.78, 5) is 14.3. The third kappa shape index (κ3) is 3.14. The van der Waals surface area contributed by atoms with Crippen LogP contribution in [0.5, 0.6) is 0 Å². The van der Waals surface area contributed by atoms with E-state index in [-0.39, 0.29) is 18.3 Å². The molecule has 1 fully saturated rings. The van der Waals surface area contributed by atoms with Gasteiger partial charge in [0.2, 0.25) is 0 Å². The molecule has 0 bridgehead atoms. The first-order chi connectivity index (χ1) is 9.24. The molecule has 0 atom stereocenters. The van der Waals surface area contributed by atoms with Crippen LogP contribution >= 0.6 is 28.3 Å². The van der Waals surface area contributed by atoms with E-state index in [0.717, 1.165) is 47.0 Å². The van der Waals surface area contributed by atoms with Crippen molar-refractivity contribution in [2.24, 2.45) is 0 Å². The lowest BCUT2D eigenvalue weighted by atomic mass is 10.1. The van der Waals surface area contributed by atoms with Gasteiger partial charge in [-0.3, -0.25) is 4.79 Å². The molecule has 3 nitrogen and oxygen atoms in total. The zero-order valence-electron chi connectivity index (χ0n) is 10.9. The van der Waals surface area contributed by atoms with Crippen LogP contribution in [0.15, 0.2) is 40.9 Å². The third-order valence-electron chi connectivity index (χ3n) is 3.45. The van der Waals surface area contributed by atoms with E-state index in [4.69, 9.17) is 0 Å². The first kappa shape index (κ1) is 15.3. The van der Waals surface area contributed by atoms with Crippen LogP contribution in [-0.4, -0.2) is 37.0 Å². The number of fused-ring (bicyclic) bond motifs is 1. The smallest absolute Gasteiger partial charge is 0.253 e. The quantitative estimate of drug-likeness (QED) is 0.852. The van der Waals surface area contributed by atoms with Gasteiger partial charge in [-0.25, -0.2) is 0 Å². The Balaban J connectivity index is 0.00000147. The molecule has 3 rings (SSSR count). The molecule has 5 heteroatoms. The monoisotopic (exact) mass is 354 g/mol. The fraction of sp³-hybridized carbons (Fsp3) is 0.267. The van der Waals surface area contributed by atoms with Crippen molar-refractivity contribution < 1.29 is 4.79 Å². The number of benzene rings is 2. The maximum absolute atomic E-state index is 12.4. The van der Waals surface area contributed by atoms with Crippen LogP contribution in [0, 0.1) is 0 Å². The average Bonchev–Trinajstić information content (AvgIpc) is 2.47. The SMILES string of the molecule is Cl.O=C(c1ccc2cc(Br)ccc2c1)N1CCNCC1. The number of piperazine rings is 1. The zero-order valence-corrected chi connectivity index (χ0v) is 13.3. The maximum atomic E-state index is 12.4. The predicted octanol–water partition coefficient (Wildman–Crippen LogP) is 3.07. The topological polar surface area (TPSA) is 32.3 Å². The third-order valence-corrected chi connectivity index (χ3v) is 3.95. The molecule has 0 aromatic heterocycles. The predicted molar refractivity (Wildman–Crippen MR) is 87.7 cm³/mol. The molecule has 106 valence electrons. The van der Waals surface area contributed by atoms with Crippen LogP contribution in [0.3, 0.4) is 0 Å². The number of halogens is 2. The minimum atomic E-state index is 0.